The van der Waals surface area contributed by atoms with Crippen LogP contribution in [0.5, 0.6) is 5.75 Å². The third-order valence-corrected chi connectivity index (χ3v) is 5.63. The van der Waals surface area contributed by atoms with E-state index < -0.39 is 23.7 Å². The zero-order valence-electron chi connectivity index (χ0n) is 21.6. The lowest BCUT2D eigenvalue weighted by atomic mass is 9.92. The molecular formula is C27H36N2O6. The van der Waals surface area contributed by atoms with Crippen molar-refractivity contribution in [2.45, 2.75) is 71.9 Å². The standard InChI is InChI=1S/C27H36N2O6/c1-7-8-9-10-23-28-22(18(2)34-23)14-16-33-20-12-11-19-13-15-29(26(31)35-27(3,4)5)24(21(19)17-20)25(30)32-6/h9-12,17,24H,7-8,13-16H2,1-6H3/b10-9+. The van der Waals surface area contributed by atoms with Gasteiger partial charge in [0.05, 0.1) is 19.4 Å². The highest BCUT2D eigenvalue weighted by Crippen LogP contribution is 2.34. The number of carbonyl (C=O) groups is 2. The maximum Gasteiger partial charge on any atom is 0.411 e. The molecule has 2 heterocycles. The minimum atomic E-state index is -0.891. The average molecular weight is 485 g/mol. The first-order valence-corrected chi connectivity index (χ1v) is 12.1. The number of unbranched alkanes of at least 4 members (excludes halogenated alkanes) is 1. The van der Waals surface area contributed by atoms with Gasteiger partial charge >= 0.3 is 12.1 Å². The SMILES string of the molecule is CCC/C=C/c1nc(CCOc2ccc3c(c2)C(C(=O)OC)N(C(=O)OC(C)(C)C)CC3)c(C)o1. The summed E-state index contributed by atoms with van der Waals surface area (Å²) in [6, 6.07) is 4.73. The Bertz CT molecular complexity index is 1070. The molecule has 1 aromatic heterocycles. The van der Waals surface area contributed by atoms with Crippen molar-refractivity contribution in [1.82, 2.24) is 9.88 Å². The Balaban J connectivity index is 1.73. The first-order valence-electron chi connectivity index (χ1n) is 12.1. The van der Waals surface area contributed by atoms with Gasteiger partial charge in [0.15, 0.2) is 6.04 Å². The monoisotopic (exact) mass is 484 g/mol. The summed E-state index contributed by atoms with van der Waals surface area (Å²) in [6.07, 6.45) is 6.65. The molecule has 1 aliphatic heterocycles. The fourth-order valence-electron chi connectivity index (χ4n) is 3.94. The maximum atomic E-state index is 12.8. The summed E-state index contributed by atoms with van der Waals surface area (Å²) in [4.78, 5) is 31.5. The highest BCUT2D eigenvalue weighted by molar-refractivity contribution is 5.84. The van der Waals surface area contributed by atoms with Crippen molar-refractivity contribution < 1.29 is 28.2 Å². The summed E-state index contributed by atoms with van der Waals surface area (Å²) in [7, 11) is 1.32. The molecule has 190 valence electrons. The summed E-state index contributed by atoms with van der Waals surface area (Å²) in [5, 5.41) is 0. The number of aryl methyl sites for hydroxylation is 1. The van der Waals surface area contributed by atoms with E-state index in [0.717, 1.165) is 29.9 Å². The molecule has 0 N–H and O–H groups in total. The minimum Gasteiger partial charge on any atom is -0.493 e. The molecule has 0 aliphatic carbocycles. The van der Waals surface area contributed by atoms with Crippen molar-refractivity contribution in [2.75, 3.05) is 20.3 Å². The minimum absolute atomic E-state index is 0.363. The molecule has 8 nitrogen and oxygen atoms in total. The highest BCUT2D eigenvalue weighted by Gasteiger charge is 2.39. The van der Waals surface area contributed by atoms with Crippen LogP contribution in [0, 0.1) is 6.92 Å². The molecule has 0 fully saturated rings. The van der Waals surface area contributed by atoms with Crippen LogP contribution in [0.25, 0.3) is 6.08 Å². The van der Waals surface area contributed by atoms with E-state index in [-0.39, 0.29) is 0 Å². The first kappa shape index (κ1) is 26.3. The van der Waals surface area contributed by atoms with E-state index in [4.69, 9.17) is 18.6 Å². The van der Waals surface area contributed by atoms with Crippen LogP contribution in [0.15, 0.2) is 28.7 Å². The second kappa shape index (κ2) is 11.4. The zero-order chi connectivity index (χ0) is 25.6. The van der Waals surface area contributed by atoms with Crippen LogP contribution < -0.4 is 4.74 Å². The molecule has 0 saturated heterocycles. The number of oxazole rings is 1. The van der Waals surface area contributed by atoms with E-state index >= 15 is 0 Å². The number of hydrogen-bond acceptors (Lipinski definition) is 7. The van der Waals surface area contributed by atoms with E-state index in [0.29, 0.717) is 43.2 Å². The molecule has 0 bridgehead atoms. The number of allylic oxidation sites excluding steroid dienone is 1. The smallest absolute Gasteiger partial charge is 0.411 e. The third kappa shape index (κ3) is 6.87. The molecule has 1 amide bonds. The Morgan fingerprint density at radius 3 is 2.74 bits per heavy atom. The van der Waals surface area contributed by atoms with Crippen molar-refractivity contribution in [3.63, 3.8) is 0 Å². The quantitative estimate of drug-likeness (QED) is 0.462. The first-order chi connectivity index (χ1) is 16.6. The predicted octanol–water partition coefficient (Wildman–Crippen LogP) is 5.43. The number of nitrogens with zero attached hydrogens (tertiary/aromatic N) is 2. The Kier molecular flexibility index (Phi) is 8.59. The topological polar surface area (TPSA) is 91.1 Å². The van der Waals surface area contributed by atoms with Crippen LogP contribution in [0.3, 0.4) is 0 Å². The third-order valence-electron chi connectivity index (χ3n) is 5.63. The molecule has 3 rings (SSSR count). The molecule has 0 spiro atoms. The molecule has 1 atom stereocenters. The Labute approximate surface area is 207 Å². The average Bonchev–Trinajstić information content (AvgIpc) is 3.15. The van der Waals surface area contributed by atoms with Crippen LogP contribution in [0.2, 0.25) is 0 Å². The molecule has 1 unspecified atom stereocenters. The zero-order valence-corrected chi connectivity index (χ0v) is 21.6. The van der Waals surface area contributed by atoms with Gasteiger partial charge in [-0.15, -0.1) is 0 Å². The lowest BCUT2D eigenvalue weighted by Crippen LogP contribution is -2.46. The van der Waals surface area contributed by atoms with Crippen LogP contribution in [-0.2, 0) is 27.1 Å². The van der Waals surface area contributed by atoms with E-state index in [2.05, 4.69) is 18.0 Å². The number of carbonyl (C=O) groups excluding carboxylic acids is 2. The van der Waals surface area contributed by atoms with Crippen LogP contribution in [-0.4, -0.2) is 47.8 Å². The van der Waals surface area contributed by atoms with Gasteiger partial charge in [-0.05, 0) is 69.9 Å². The van der Waals surface area contributed by atoms with Gasteiger partial charge in [0, 0.05) is 13.0 Å². The van der Waals surface area contributed by atoms with Gasteiger partial charge in [0.1, 0.15) is 17.1 Å². The summed E-state index contributed by atoms with van der Waals surface area (Å²) >= 11 is 0. The van der Waals surface area contributed by atoms with Crippen LogP contribution in [0.1, 0.15) is 75.1 Å². The van der Waals surface area contributed by atoms with Gasteiger partial charge in [0.2, 0.25) is 5.89 Å². The number of amides is 1. The Hall–Kier alpha value is -3.29. The van der Waals surface area contributed by atoms with Gasteiger partial charge in [-0.25, -0.2) is 14.6 Å². The number of hydrogen-bond donors (Lipinski definition) is 0. The van der Waals surface area contributed by atoms with Crippen molar-refractivity contribution in [3.05, 3.63) is 52.7 Å². The number of fused-ring (bicyclic) bond motifs is 1. The van der Waals surface area contributed by atoms with Crippen LogP contribution in [0.4, 0.5) is 4.79 Å². The number of ether oxygens (including phenoxy) is 3. The molecule has 0 radical (unpaired) electrons. The van der Waals surface area contributed by atoms with Gasteiger partial charge in [-0.1, -0.05) is 25.5 Å². The Morgan fingerprint density at radius 1 is 1.29 bits per heavy atom. The highest BCUT2D eigenvalue weighted by atomic mass is 16.6. The fourth-order valence-corrected chi connectivity index (χ4v) is 3.94. The summed E-state index contributed by atoms with van der Waals surface area (Å²) < 4.78 is 22.3. The lowest BCUT2D eigenvalue weighted by Gasteiger charge is -2.36. The lowest BCUT2D eigenvalue weighted by molar-refractivity contribution is -0.147. The van der Waals surface area contributed by atoms with Crippen molar-refractivity contribution in [3.8, 4) is 5.75 Å². The van der Waals surface area contributed by atoms with E-state index in [9.17, 15) is 9.59 Å². The van der Waals surface area contributed by atoms with E-state index in [1.165, 1.54) is 12.0 Å². The molecule has 0 saturated carbocycles. The summed E-state index contributed by atoms with van der Waals surface area (Å²) in [6.45, 7) is 10.2. The fraction of sp³-hybridized carbons (Fsp3) is 0.519. The molecule has 1 aliphatic rings. The summed E-state index contributed by atoms with van der Waals surface area (Å²) in [5.74, 6) is 1.46. The number of methoxy groups -OCH3 is 1. The van der Waals surface area contributed by atoms with Gasteiger partial charge < -0.3 is 18.6 Å². The molecule has 35 heavy (non-hydrogen) atoms. The Morgan fingerprint density at radius 2 is 2.06 bits per heavy atom. The number of benzene rings is 1. The maximum absolute atomic E-state index is 12.8. The molecule has 2 aromatic rings. The van der Waals surface area contributed by atoms with E-state index in [1.54, 1.807) is 20.8 Å². The van der Waals surface area contributed by atoms with Crippen molar-refractivity contribution >= 4 is 18.1 Å². The number of esters is 1. The number of rotatable bonds is 8. The van der Waals surface area contributed by atoms with Crippen molar-refractivity contribution in [2.24, 2.45) is 0 Å². The molecule has 1 aromatic carbocycles. The van der Waals surface area contributed by atoms with Crippen molar-refractivity contribution in [1.29, 1.82) is 0 Å². The summed E-state index contributed by atoms with van der Waals surface area (Å²) in [5.41, 5.74) is 1.84. The van der Waals surface area contributed by atoms with Crippen LogP contribution >= 0.6 is 0 Å². The van der Waals surface area contributed by atoms with Gasteiger partial charge in [-0.3, -0.25) is 4.90 Å². The molecular weight excluding hydrogens is 448 g/mol. The van der Waals surface area contributed by atoms with Gasteiger partial charge in [-0.2, -0.15) is 0 Å². The predicted molar refractivity (Wildman–Crippen MR) is 132 cm³/mol. The van der Waals surface area contributed by atoms with E-state index in [1.807, 2.05) is 31.2 Å². The second-order valence-electron chi connectivity index (χ2n) is 9.55. The normalized spacial score (nSPS) is 15.7. The molecule has 8 heteroatoms. The number of aromatic nitrogens is 1. The largest absolute Gasteiger partial charge is 0.493 e. The second-order valence-corrected chi connectivity index (χ2v) is 9.55. The van der Waals surface area contributed by atoms with Gasteiger partial charge in [0.25, 0.3) is 0 Å².